The highest BCUT2D eigenvalue weighted by Gasteiger charge is 2.30. The Morgan fingerprint density at radius 1 is 1.11 bits per heavy atom. The molecular weight excluding hydrogens is 368 g/mol. The molecule has 0 fully saturated rings. The molecule has 6 heteroatoms. The molecule has 3 aromatic heterocycles. The second kappa shape index (κ2) is 5.59. The van der Waals surface area contributed by atoms with Crippen molar-refractivity contribution in [2.24, 2.45) is 0 Å². The zero-order chi connectivity index (χ0) is 18.9. The molecule has 0 amide bonds. The van der Waals surface area contributed by atoms with Gasteiger partial charge in [0.15, 0.2) is 11.5 Å². The van der Waals surface area contributed by atoms with Gasteiger partial charge >= 0.3 is 0 Å². The zero-order valence-corrected chi connectivity index (χ0v) is 16.5. The van der Waals surface area contributed by atoms with Crippen molar-refractivity contribution in [3.8, 4) is 11.4 Å². The van der Waals surface area contributed by atoms with E-state index in [9.17, 15) is 0 Å². The Bertz CT molecular complexity index is 1380. The van der Waals surface area contributed by atoms with Gasteiger partial charge in [0.1, 0.15) is 11.2 Å². The van der Waals surface area contributed by atoms with E-state index < -0.39 is 0 Å². The predicted molar refractivity (Wildman–Crippen MR) is 112 cm³/mol. The van der Waals surface area contributed by atoms with Gasteiger partial charge in [0, 0.05) is 16.9 Å². The minimum Gasteiger partial charge on any atom is -0.370 e. The summed E-state index contributed by atoms with van der Waals surface area (Å²) in [5.74, 6) is 0.734. The van der Waals surface area contributed by atoms with Crippen LogP contribution in [-0.4, -0.2) is 25.2 Å². The lowest BCUT2D eigenvalue weighted by Gasteiger charge is -2.30. The highest BCUT2D eigenvalue weighted by molar-refractivity contribution is 7.19. The van der Waals surface area contributed by atoms with E-state index in [2.05, 4.69) is 61.3 Å². The Balaban J connectivity index is 1.63. The zero-order valence-electron chi connectivity index (χ0n) is 15.6. The van der Waals surface area contributed by atoms with E-state index in [-0.39, 0.29) is 5.60 Å². The van der Waals surface area contributed by atoms with Crippen LogP contribution in [0.3, 0.4) is 0 Å². The first kappa shape index (κ1) is 16.2. The molecule has 5 nitrogen and oxygen atoms in total. The van der Waals surface area contributed by atoms with Crippen LogP contribution in [0, 0.1) is 0 Å². The highest BCUT2D eigenvalue weighted by Crippen LogP contribution is 2.40. The average molecular weight is 386 g/mol. The molecule has 0 saturated carbocycles. The molecule has 0 atom stereocenters. The number of rotatable bonds is 1. The lowest BCUT2D eigenvalue weighted by molar-refractivity contribution is -0.0379. The van der Waals surface area contributed by atoms with Gasteiger partial charge in [-0.05, 0) is 30.2 Å². The molecule has 0 unspecified atom stereocenters. The number of hydrogen-bond acceptors (Lipinski definition) is 5. The monoisotopic (exact) mass is 386 g/mol. The molecular formula is C22H18N4OS. The number of nitrogens with zero attached hydrogens (tertiary/aromatic N) is 4. The van der Waals surface area contributed by atoms with Crippen LogP contribution in [0.1, 0.15) is 24.3 Å². The molecule has 2 aromatic carbocycles. The van der Waals surface area contributed by atoms with Gasteiger partial charge in [-0.1, -0.05) is 42.5 Å². The molecule has 0 bridgehead atoms. The van der Waals surface area contributed by atoms with E-state index in [4.69, 9.17) is 14.8 Å². The molecule has 6 rings (SSSR count). The van der Waals surface area contributed by atoms with E-state index in [1.54, 1.807) is 17.7 Å². The SMILES string of the molecule is CC1(C)Cc2c(sc3ncn4nc(-c5cccc6ccccc56)nc4c23)CO1. The molecule has 28 heavy (non-hydrogen) atoms. The van der Waals surface area contributed by atoms with Gasteiger partial charge in [0.25, 0.3) is 0 Å². The maximum atomic E-state index is 6.00. The standard InChI is InChI=1S/C22H18N4OS/c1-22(2)10-16-17(11-27-22)28-21-18(16)20-24-19(25-26(20)12-23-21)15-9-5-7-13-6-3-4-8-14(13)15/h3-9,12H,10-11H2,1-2H3. The topological polar surface area (TPSA) is 52.3 Å². The first-order valence-electron chi connectivity index (χ1n) is 9.37. The molecule has 4 heterocycles. The van der Waals surface area contributed by atoms with Crippen LogP contribution in [0.5, 0.6) is 0 Å². The fraction of sp³-hybridized carbons (Fsp3) is 0.227. The molecule has 0 saturated heterocycles. The summed E-state index contributed by atoms with van der Waals surface area (Å²) in [7, 11) is 0. The minimum atomic E-state index is -0.174. The molecule has 0 radical (unpaired) electrons. The third kappa shape index (κ3) is 2.31. The Labute approximate surface area is 165 Å². The lowest BCUT2D eigenvalue weighted by atomic mass is 9.94. The Morgan fingerprint density at radius 3 is 2.89 bits per heavy atom. The quantitative estimate of drug-likeness (QED) is 0.406. The number of thiophene rings is 1. The van der Waals surface area contributed by atoms with Gasteiger partial charge in [-0.3, -0.25) is 0 Å². The summed E-state index contributed by atoms with van der Waals surface area (Å²) in [5, 5.41) is 8.24. The van der Waals surface area contributed by atoms with Gasteiger partial charge in [-0.15, -0.1) is 16.4 Å². The lowest BCUT2D eigenvalue weighted by Crippen LogP contribution is -2.31. The smallest absolute Gasteiger partial charge is 0.182 e. The molecule has 0 spiro atoms. The molecule has 0 N–H and O–H groups in total. The van der Waals surface area contributed by atoms with Crippen molar-refractivity contribution in [1.82, 2.24) is 19.6 Å². The largest absolute Gasteiger partial charge is 0.370 e. The number of ether oxygens (including phenoxy) is 1. The van der Waals surface area contributed by atoms with Crippen LogP contribution in [-0.2, 0) is 17.8 Å². The van der Waals surface area contributed by atoms with Crippen molar-refractivity contribution in [1.29, 1.82) is 0 Å². The minimum absolute atomic E-state index is 0.174. The summed E-state index contributed by atoms with van der Waals surface area (Å²) in [6.45, 7) is 4.91. The van der Waals surface area contributed by atoms with Gasteiger partial charge in [-0.2, -0.15) is 0 Å². The van der Waals surface area contributed by atoms with Crippen molar-refractivity contribution in [2.45, 2.75) is 32.5 Å². The van der Waals surface area contributed by atoms with Crippen LogP contribution in [0.2, 0.25) is 0 Å². The fourth-order valence-corrected chi connectivity index (χ4v) is 5.14. The van der Waals surface area contributed by atoms with E-state index >= 15 is 0 Å². The van der Waals surface area contributed by atoms with Crippen LogP contribution < -0.4 is 0 Å². The van der Waals surface area contributed by atoms with Gasteiger partial charge in [0.05, 0.1) is 17.6 Å². The van der Waals surface area contributed by atoms with E-state index in [1.807, 2.05) is 4.52 Å². The maximum Gasteiger partial charge on any atom is 0.182 e. The van der Waals surface area contributed by atoms with Crippen LogP contribution in [0.15, 0.2) is 48.8 Å². The van der Waals surface area contributed by atoms with Crippen molar-refractivity contribution in [2.75, 3.05) is 0 Å². The summed E-state index contributed by atoms with van der Waals surface area (Å²) in [6, 6.07) is 14.6. The molecule has 0 aliphatic carbocycles. The van der Waals surface area contributed by atoms with E-state index in [1.165, 1.54) is 15.8 Å². The molecule has 1 aliphatic rings. The number of fused-ring (bicyclic) bond motifs is 6. The third-order valence-corrected chi connectivity index (χ3v) is 6.55. The summed E-state index contributed by atoms with van der Waals surface area (Å²) in [6.07, 6.45) is 2.63. The van der Waals surface area contributed by atoms with Crippen molar-refractivity contribution < 1.29 is 4.74 Å². The van der Waals surface area contributed by atoms with Gasteiger partial charge in [0.2, 0.25) is 0 Å². The third-order valence-electron chi connectivity index (χ3n) is 5.44. The molecule has 1 aliphatic heterocycles. The van der Waals surface area contributed by atoms with Crippen molar-refractivity contribution in [3.63, 3.8) is 0 Å². The number of benzene rings is 2. The van der Waals surface area contributed by atoms with Gasteiger partial charge in [-0.25, -0.2) is 14.5 Å². The van der Waals surface area contributed by atoms with Crippen LogP contribution in [0.25, 0.3) is 38.0 Å². The normalized spacial score (nSPS) is 16.1. The maximum absolute atomic E-state index is 6.00. The highest BCUT2D eigenvalue weighted by atomic mass is 32.1. The summed E-state index contributed by atoms with van der Waals surface area (Å²) >= 11 is 1.71. The fourth-order valence-electron chi connectivity index (χ4n) is 4.08. The van der Waals surface area contributed by atoms with E-state index in [0.717, 1.165) is 39.1 Å². The number of hydrogen-bond donors (Lipinski definition) is 0. The Kier molecular flexibility index (Phi) is 3.23. The average Bonchev–Trinajstić information content (AvgIpc) is 3.27. The molecule has 5 aromatic rings. The Hall–Kier alpha value is -2.83. The summed E-state index contributed by atoms with van der Waals surface area (Å²) in [5.41, 5.74) is 3.06. The van der Waals surface area contributed by atoms with Crippen LogP contribution >= 0.6 is 11.3 Å². The van der Waals surface area contributed by atoms with E-state index in [0.29, 0.717) is 6.61 Å². The van der Waals surface area contributed by atoms with Crippen molar-refractivity contribution in [3.05, 3.63) is 59.2 Å². The number of aromatic nitrogens is 4. The summed E-state index contributed by atoms with van der Waals surface area (Å²) < 4.78 is 7.81. The molecule has 138 valence electrons. The second-order valence-corrected chi connectivity index (χ2v) is 8.97. The first-order valence-corrected chi connectivity index (χ1v) is 10.2. The first-order chi connectivity index (χ1) is 13.6. The van der Waals surface area contributed by atoms with Crippen LogP contribution in [0.4, 0.5) is 0 Å². The van der Waals surface area contributed by atoms with Gasteiger partial charge < -0.3 is 4.74 Å². The van der Waals surface area contributed by atoms with Crippen molar-refractivity contribution >= 4 is 38.0 Å². The predicted octanol–water partition coefficient (Wildman–Crippen LogP) is 5.01. The second-order valence-electron chi connectivity index (χ2n) is 7.88. The summed E-state index contributed by atoms with van der Waals surface area (Å²) in [4.78, 5) is 11.9. The Morgan fingerprint density at radius 2 is 1.96 bits per heavy atom.